The summed E-state index contributed by atoms with van der Waals surface area (Å²) in [5, 5.41) is 0.575. The number of hydrogen-bond acceptors (Lipinski definition) is 8. The molecule has 1 aliphatic carbocycles. The Morgan fingerprint density at radius 3 is 2.73 bits per heavy atom. The van der Waals surface area contributed by atoms with Crippen molar-refractivity contribution in [2.45, 2.75) is 94.5 Å². The van der Waals surface area contributed by atoms with Gasteiger partial charge in [0.1, 0.15) is 23.5 Å². The molecule has 9 nitrogen and oxygen atoms in total. The number of ether oxygens (including phenoxy) is 3. The number of carbonyl (C=O) groups is 1. The van der Waals surface area contributed by atoms with Gasteiger partial charge >= 0.3 is 12.1 Å². The molecule has 4 aliphatic heterocycles. The second-order valence-corrected chi connectivity index (χ2v) is 15.1. The number of fused-ring (bicyclic) bond motifs is 4. The molecule has 7 rings (SSSR count). The van der Waals surface area contributed by atoms with Gasteiger partial charge in [0.05, 0.1) is 40.6 Å². The highest BCUT2D eigenvalue weighted by Crippen LogP contribution is 2.45. The third kappa shape index (κ3) is 5.44. The largest absolute Gasteiger partial charge is 0.461 e. The normalized spacial score (nSPS) is 29.6. The van der Waals surface area contributed by atoms with Gasteiger partial charge in [0.2, 0.25) is 0 Å². The number of piperazine rings is 1. The zero-order valence-electron chi connectivity index (χ0n) is 25.6. The van der Waals surface area contributed by atoms with Crippen LogP contribution < -0.4 is 9.64 Å². The smallest absolute Gasteiger partial charge is 0.411 e. The Morgan fingerprint density at radius 1 is 1.16 bits per heavy atom. The van der Waals surface area contributed by atoms with Crippen molar-refractivity contribution in [1.29, 1.82) is 0 Å². The number of hydrogen-bond donors (Lipinski definition) is 0. The van der Waals surface area contributed by atoms with Crippen molar-refractivity contribution in [2.75, 3.05) is 44.3 Å². The van der Waals surface area contributed by atoms with E-state index in [1.807, 2.05) is 31.7 Å². The topological polar surface area (TPSA) is 80.3 Å². The second kappa shape index (κ2) is 11.0. The molecule has 3 atom stereocenters. The molecule has 0 radical (unpaired) electrons. The lowest BCUT2D eigenvalue weighted by molar-refractivity contribution is -0.0366. The first-order chi connectivity index (χ1) is 21.0. The summed E-state index contributed by atoms with van der Waals surface area (Å²) in [6.07, 6.45) is 6.75. The Hall–Kier alpha value is -2.57. The monoisotopic (exact) mass is 675 g/mol. The minimum absolute atomic E-state index is 0.0913. The van der Waals surface area contributed by atoms with Crippen LogP contribution in [0.25, 0.3) is 10.9 Å². The van der Waals surface area contributed by atoms with Crippen LogP contribution in [0.4, 0.5) is 19.4 Å². The van der Waals surface area contributed by atoms with Crippen molar-refractivity contribution in [3.63, 3.8) is 0 Å². The lowest BCUT2D eigenvalue weighted by atomic mass is 9.94. The first kappa shape index (κ1) is 30.1. The summed E-state index contributed by atoms with van der Waals surface area (Å²) in [5.41, 5.74) is -0.612. The molecule has 0 spiro atoms. The van der Waals surface area contributed by atoms with Crippen LogP contribution in [0.3, 0.4) is 0 Å². The van der Waals surface area contributed by atoms with Crippen molar-refractivity contribution in [1.82, 2.24) is 19.8 Å². The SMILES string of the molecule is CC(C)(C)OC(=O)N1[C@H]2CC[C@]1(COC1CC1)CN(c1nc(OCC34CCCN3C/C(=C\F)C4)nc3c(F)c(Br)ccc13)C2. The van der Waals surface area contributed by atoms with E-state index in [0.717, 1.165) is 50.6 Å². The molecule has 1 aromatic carbocycles. The van der Waals surface area contributed by atoms with Gasteiger partial charge < -0.3 is 19.1 Å². The Bertz CT molecular complexity index is 1500. The number of aromatic nitrogens is 2. The summed E-state index contributed by atoms with van der Waals surface area (Å²) in [6.45, 7) is 8.78. The average molecular weight is 677 g/mol. The van der Waals surface area contributed by atoms with Crippen LogP contribution in [-0.4, -0.2) is 94.1 Å². The summed E-state index contributed by atoms with van der Waals surface area (Å²) < 4.78 is 47.8. The Labute approximate surface area is 265 Å². The number of benzene rings is 1. The van der Waals surface area contributed by atoms with E-state index < -0.39 is 17.0 Å². The predicted octanol–water partition coefficient (Wildman–Crippen LogP) is 6.14. The highest BCUT2D eigenvalue weighted by Gasteiger charge is 2.56. The first-order valence-electron chi connectivity index (χ1n) is 15.7. The molecule has 2 bridgehead atoms. The van der Waals surface area contributed by atoms with Crippen LogP contribution in [0.15, 0.2) is 28.5 Å². The van der Waals surface area contributed by atoms with Gasteiger partial charge in [-0.3, -0.25) is 9.80 Å². The molecular formula is C32H40BrF2N5O4. The van der Waals surface area contributed by atoms with Crippen molar-refractivity contribution in [3.05, 3.63) is 34.3 Å². The minimum atomic E-state index is -0.624. The van der Waals surface area contributed by atoms with Crippen molar-refractivity contribution in [2.24, 2.45) is 0 Å². The van der Waals surface area contributed by atoms with E-state index in [1.54, 1.807) is 6.07 Å². The maximum absolute atomic E-state index is 15.6. The zero-order chi connectivity index (χ0) is 30.9. The standard InChI is InChI=1S/C32H40BrF2N5O4/c1-30(2,3)44-29(41)40-21-9-11-32(40,19-42-22-5-6-22)17-38(16-21)27-23-7-8-24(33)25(35)26(23)36-28(37-27)43-18-31-10-4-12-39(31)15-20(13-31)14-34/h7-8,14,21-22H,4-6,9-13,15-19H2,1-3H3/b20-14-/t21-,31?,32+/m0/s1. The Kier molecular flexibility index (Phi) is 7.56. The van der Waals surface area contributed by atoms with Crippen LogP contribution >= 0.6 is 15.9 Å². The molecular weight excluding hydrogens is 636 g/mol. The van der Waals surface area contributed by atoms with E-state index >= 15 is 4.39 Å². The van der Waals surface area contributed by atoms with E-state index in [0.29, 0.717) is 61.3 Å². The molecule has 238 valence electrons. The summed E-state index contributed by atoms with van der Waals surface area (Å²) in [5.74, 6) is 0.0850. The van der Waals surface area contributed by atoms with Gasteiger partial charge in [-0.15, -0.1) is 0 Å². The fourth-order valence-corrected chi connectivity index (χ4v) is 7.96. The molecule has 1 saturated carbocycles. The molecule has 0 N–H and O–H groups in total. The van der Waals surface area contributed by atoms with E-state index in [9.17, 15) is 9.18 Å². The van der Waals surface area contributed by atoms with E-state index in [4.69, 9.17) is 19.2 Å². The van der Waals surface area contributed by atoms with Crippen LogP contribution in [0, 0.1) is 5.82 Å². The first-order valence-corrected chi connectivity index (χ1v) is 16.5. The maximum Gasteiger partial charge on any atom is 0.411 e. The molecule has 5 aliphatic rings. The molecule has 2 aromatic rings. The van der Waals surface area contributed by atoms with Gasteiger partial charge in [0.25, 0.3) is 0 Å². The van der Waals surface area contributed by atoms with Gasteiger partial charge in [-0.25, -0.2) is 13.6 Å². The molecule has 5 heterocycles. The van der Waals surface area contributed by atoms with Gasteiger partial charge in [-0.05, 0) is 106 Å². The van der Waals surface area contributed by atoms with Crippen LogP contribution in [0.2, 0.25) is 0 Å². The van der Waals surface area contributed by atoms with Gasteiger partial charge in [-0.1, -0.05) is 0 Å². The predicted molar refractivity (Wildman–Crippen MR) is 165 cm³/mol. The molecule has 5 fully saturated rings. The lowest BCUT2D eigenvalue weighted by Crippen LogP contribution is -2.66. The lowest BCUT2D eigenvalue weighted by Gasteiger charge is -2.49. The van der Waals surface area contributed by atoms with Crippen LogP contribution in [0.1, 0.15) is 65.7 Å². The van der Waals surface area contributed by atoms with E-state index in [1.165, 1.54) is 0 Å². The molecule has 1 aromatic heterocycles. The maximum atomic E-state index is 15.6. The molecule has 1 amide bonds. The Morgan fingerprint density at radius 2 is 1.98 bits per heavy atom. The number of amides is 1. The number of rotatable bonds is 7. The van der Waals surface area contributed by atoms with E-state index in [2.05, 4.69) is 30.7 Å². The second-order valence-electron chi connectivity index (χ2n) is 14.2. The summed E-state index contributed by atoms with van der Waals surface area (Å²) in [7, 11) is 0. The highest BCUT2D eigenvalue weighted by molar-refractivity contribution is 9.10. The molecule has 4 saturated heterocycles. The molecule has 1 unspecified atom stereocenters. The number of nitrogens with zero attached hydrogens (tertiary/aromatic N) is 5. The zero-order valence-corrected chi connectivity index (χ0v) is 27.2. The van der Waals surface area contributed by atoms with Crippen LogP contribution in [-0.2, 0) is 9.47 Å². The van der Waals surface area contributed by atoms with Gasteiger partial charge in [0.15, 0.2) is 5.82 Å². The van der Waals surface area contributed by atoms with Crippen molar-refractivity contribution >= 4 is 38.7 Å². The molecule has 44 heavy (non-hydrogen) atoms. The third-order valence-electron chi connectivity index (χ3n) is 9.77. The fraction of sp³-hybridized carbons (Fsp3) is 0.656. The van der Waals surface area contributed by atoms with E-state index in [-0.39, 0.29) is 35.3 Å². The van der Waals surface area contributed by atoms with Crippen molar-refractivity contribution < 1.29 is 27.8 Å². The summed E-state index contributed by atoms with van der Waals surface area (Å²) >= 11 is 3.32. The third-order valence-corrected chi connectivity index (χ3v) is 10.4. The van der Waals surface area contributed by atoms with Crippen molar-refractivity contribution in [3.8, 4) is 6.01 Å². The van der Waals surface area contributed by atoms with Gasteiger partial charge in [-0.2, -0.15) is 9.97 Å². The van der Waals surface area contributed by atoms with Crippen LogP contribution in [0.5, 0.6) is 6.01 Å². The number of anilines is 1. The Balaban J connectivity index is 1.23. The quantitative estimate of drug-likeness (QED) is 0.346. The minimum Gasteiger partial charge on any atom is -0.461 e. The fourth-order valence-electron chi connectivity index (χ4n) is 7.64. The number of carbonyl (C=O) groups excluding carboxylic acids is 1. The molecule has 12 heteroatoms. The highest BCUT2D eigenvalue weighted by atomic mass is 79.9. The van der Waals surface area contributed by atoms with Gasteiger partial charge in [0, 0.05) is 25.0 Å². The average Bonchev–Trinajstić information content (AvgIpc) is 3.56. The summed E-state index contributed by atoms with van der Waals surface area (Å²) in [6, 6.07) is 3.46. The summed E-state index contributed by atoms with van der Waals surface area (Å²) in [4.78, 5) is 29.3. The number of halogens is 3.